The molecule has 6 heteroatoms. The summed E-state index contributed by atoms with van der Waals surface area (Å²) in [5.74, 6) is -0.983. The molecule has 0 aromatic heterocycles. The third kappa shape index (κ3) is 2.57. The molecule has 2 rings (SSSR count). The number of benzene rings is 1. The van der Waals surface area contributed by atoms with Crippen LogP contribution in [0.2, 0.25) is 0 Å². The molecule has 1 heterocycles. The normalized spacial score (nSPS) is 19.1. The largest absolute Gasteiger partial charge is 0.481 e. The lowest BCUT2D eigenvalue weighted by atomic mass is 10.0. The molecule has 1 aliphatic heterocycles. The van der Waals surface area contributed by atoms with E-state index < -0.39 is 17.7 Å². The Labute approximate surface area is 99.8 Å². The molecule has 0 radical (unpaired) electrons. The minimum Gasteiger partial charge on any atom is -0.481 e. The maximum atomic E-state index is 12.7. The molecular formula is C11H9F3O2S. The van der Waals surface area contributed by atoms with Gasteiger partial charge in [0.15, 0.2) is 0 Å². The van der Waals surface area contributed by atoms with Gasteiger partial charge in [-0.05, 0) is 24.1 Å². The molecule has 1 aliphatic rings. The van der Waals surface area contributed by atoms with Crippen molar-refractivity contribution in [2.75, 3.05) is 0 Å². The van der Waals surface area contributed by atoms with E-state index in [0.29, 0.717) is 4.90 Å². The van der Waals surface area contributed by atoms with Gasteiger partial charge in [0.05, 0.1) is 12.0 Å². The van der Waals surface area contributed by atoms with Crippen LogP contribution in [0.4, 0.5) is 13.2 Å². The summed E-state index contributed by atoms with van der Waals surface area (Å²) in [6, 6.07) is 4.01. The minimum absolute atomic E-state index is 0.114. The average molecular weight is 262 g/mol. The minimum atomic E-state index is -4.37. The highest BCUT2D eigenvalue weighted by molar-refractivity contribution is 8.00. The number of rotatable bonds is 2. The number of hydrogen-bond acceptors (Lipinski definition) is 2. The number of alkyl halides is 3. The molecule has 1 aromatic carbocycles. The molecule has 0 bridgehead atoms. The Morgan fingerprint density at radius 1 is 1.47 bits per heavy atom. The second kappa shape index (κ2) is 4.25. The summed E-state index contributed by atoms with van der Waals surface area (Å²) in [5.41, 5.74) is -0.411. The van der Waals surface area contributed by atoms with Gasteiger partial charge in [0.25, 0.3) is 0 Å². The first-order valence-corrected chi connectivity index (χ1v) is 5.83. The quantitative estimate of drug-likeness (QED) is 0.889. The van der Waals surface area contributed by atoms with E-state index in [9.17, 15) is 18.0 Å². The second-order valence-corrected chi connectivity index (χ2v) is 5.16. The van der Waals surface area contributed by atoms with Gasteiger partial charge in [-0.3, -0.25) is 4.79 Å². The van der Waals surface area contributed by atoms with E-state index in [-0.39, 0.29) is 23.7 Å². The SMILES string of the molecule is O=C(O)CC1Cc2c(cccc2C(F)(F)F)S1. The van der Waals surface area contributed by atoms with Crippen LogP contribution in [0.5, 0.6) is 0 Å². The first-order valence-electron chi connectivity index (χ1n) is 4.95. The molecular weight excluding hydrogens is 253 g/mol. The highest BCUT2D eigenvalue weighted by atomic mass is 32.2. The molecule has 2 nitrogen and oxygen atoms in total. The lowest BCUT2D eigenvalue weighted by Crippen LogP contribution is -2.12. The first-order chi connectivity index (χ1) is 7.88. The molecule has 1 atom stereocenters. The van der Waals surface area contributed by atoms with Crippen molar-refractivity contribution in [3.63, 3.8) is 0 Å². The van der Waals surface area contributed by atoms with Crippen molar-refractivity contribution in [2.45, 2.75) is 29.2 Å². The van der Waals surface area contributed by atoms with Crippen LogP contribution < -0.4 is 0 Å². The number of carbonyl (C=O) groups is 1. The monoisotopic (exact) mass is 262 g/mol. The van der Waals surface area contributed by atoms with Crippen molar-refractivity contribution < 1.29 is 23.1 Å². The van der Waals surface area contributed by atoms with E-state index in [0.717, 1.165) is 6.07 Å². The van der Waals surface area contributed by atoms with E-state index in [1.807, 2.05) is 0 Å². The summed E-state index contributed by atoms with van der Waals surface area (Å²) in [5, 5.41) is 8.35. The fourth-order valence-corrected chi connectivity index (χ4v) is 3.24. The number of aliphatic carboxylic acids is 1. The summed E-state index contributed by atoms with van der Waals surface area (Å²) in [6.07, 6.45) is -4.32. The Kier molecular flexibility index (Phi) is 3.07. The van der Waals surface area contributed by atoms with E-state index >= 15 is 0 Å². The number of hydrogen-bond donors (Lipinski definition) is 1. The summed E-state index contributed by atoms with van der Waals surface area (Å²) >= 11 is 1.21. The summed E-state index contributed by atoms with van der Waals surface area (Å²) in [7, 11) is 0. The van der Waals surface area contributed by atoms with E-state index in [1.165, 1.54) is 17.8 Å². The van der Waals surface area contributed by atoms with Crippen molar-refractivity contribution in [1.82, 2.24) is 0 Å². The van der Waals surface area contributed by atoms with Crippen molar-refractivity contribution in [3.05, 3.63) is 29.3 Å². The lowest BCUT2D eigenvalue weighted by Gasteiger charge is -2.10. The Hall–Kier alpha value is -1.17. The average Bonchev–Trinajstić information content (AvgIpc) is 2.55. The van der Waals surface area contributed by atoms with E-state index in [2.05, 4.69) is 0 Å². The number of fused-ring (bicyclic) bond motifs is 1. The summed E-state index contributed by atoms with van der Waals surface area (Å²) in [4.78, 5) is 11.1. The fraction of sp³-hybridized carbons (Fsp3) is 0.364. The number of thioether (sulfide) groups is 1. The maximum absolute atomic E-state index is 12.7. The lowest BCUT2D eigenvalue weighted by molar-refractivity contribution is -0.138. The van der Waals surface area contributed by atoms with Crippen molar-refractivity contribution in [3.8, 4) is 0 Å². The summed E-state index contributed by atoms with van der Waals surface area (Å²) < 4.78 is 38.1. The zero-order valence-corrected chi connectivity index (χ0v) is 9.44. The summed E-state index contributed by atoms with van der Waals surface area (Å²) in [6.45, 7) is 0. The van der Waals surface area contributed by atoms with Crippen LogP contribution in [0.15, 0.2) is 23.1 Å². The topological polar surface area (TPSA) is 37.3 Å². The molecule has 0 saturated carbocycles. The molecule has 0 saturated heterocycles. The molecule has 1 aromatic rings. The van der Waals surface area contributed by atoms with Gasteiger partial charge in [0.1, 0.15) is 0 Å². The molecule has 0 aliphatic carbocycles. The third-order valence-corrected chi connectivity index (χ3v) is 3.87. The van der Waals surface area contributed by atoms with Gasteiger partial charge in [-0.25, -0.2) is 0 Å². The maximum Gasteiger partial charge on any atom is 0.416 e. The van der Waals surface area contributed by atoms with Gasteiger partial charge in [-0.2, -0.15) is 13.2 Å². The Balaban J connectivity index is 2.29. The van der Waals surface area contributed by atoms with Gasteiger partial charge < -0.3 is 5.11 Å². The van der Waals surface area contributed by atoms with Crippen molar-refractivity contribution in [1.29, 1.82) is 0 Å². The van der Waals surface area contributed by atoms with Gasteiger partial charge in [-0.1, -0.05) is 6.07 Å². The molecule has 92 valence electrons. The molecule has 0 amide bonds. The van der Waals surface area contributed by atoms with Gasteiger partial charge in [-0.15, -0.1) is 11.8 Å². The predicted octanol–water partition coefficient (Wildman–Crippen LogP) is 3.20. The first kappa shape index (κ1) is 12.3. The van der Waals surface area contributed by atoms with E-state index in [4.69, 9.17) is 5.11 Å². The van der Waals surface area contributed by atoms with Gasteiger partial charge >= 0.3 is 12.1 Å². The van der Waals surface area contributed by atoms with Gasteiger partial charge in [0.2, 0.25) is 0 Å². The highest BCUT2D eigenvalue weighted by Gasteiger charge is 2.37. The zero-order valence-electron chi connectivity index (χ0n) is 8.62. The number of halogens is 3. The highest BCUT2D eigenvalue weighted by Crippen LogP contribution is 2.44. The van der Waals surface area contributed by atoms with Crippen LogP contribution in [0.3, 0.4) is 0 Å². The van der Waals surface area contributed by atoms with Crippen molar-refractivity contribution >= 4 is 17.7 Å². The standard InChI is InChI=1S/C11H9F3O2S/c12-11(13,14)8-2-1-3-9-7(8)4-6(17-9)5-10(15)16/h1-3,6H,4-5H2,(H,15,16). The fourth-order valence-electron chi connectivity index (χ4n) is 1.91. The molecule has 1 unspecified atom stereocenters. The molecule has 1 N–H and O–H groups in total. The Morgan fingerprint density at radius 3 is 2.76 bits per heavy atom. The number of carboxylic acid groups (broad SMARTS) is 1. The molecule has 17 heavy (non-hydrogen) atoms. The van der Waals surface area contributed by atoms with Gasteiger partial charge in [0, 0.05) is 10.1 Å². The Morgan fingerprint density at radius 2 is 2.18 bits per heavy atom. The molecule has 0 spiro atoms. The van der Waals surface area contributed by atoms with Crippen LogP contribution >= 0.6 is 11.8 Å². The van der Waals surface area contributed by atoms with Crippen LogP contribution in [-0.4, -0.2) is 16.3 Å². The molecule has 0 fully saturated rings. The van der Waals surface area contributed by atoms with Crippen molar-refractivity contribution in [2.24, 2.45) is 0 Å². The smallest absolute Gasteiger partial charge is 0.416 e. The second-order valence-electron chi connectivity index (χ2n) is 3.82. The van der Waals surface area contributed by atoms with Crippen LogP contribution in [0, 0.1) is 0 Å². The number of carboxylic acids is 1. The van der Waals surface area contributed by atoms with E-state index in [1.54, 1.807) is 6.07 Å². The van der Waals surface area contributed by atoms with Crippen LogP contribution in [0.1, 0.15) is 17.5 Å². The zero-order chi connectivity index (χ0) is 12.6. The van der Waals surface area contributed by atoms with Crippen LogP contribution in [-0.2, 0) is 17.4 Å². The third-order valence-electron chi connectivity index (χ3n) is 2.57. The Bertz CT molecular complexity index is 457. The predicted molar refractivity (Wildman–Crippen MR) is 57.0 cm³/mol. The van der Waals surface area contributed by atoms with Crippen LogP contribution in [0.25, 0.3) is 0 Å².